The van der Waals surface area contributed by atoms with Crippen molar-refractivity contribution in [2.24, 2.45) is 0 Å². The second-order valence-corrected chi connectivity index (χ2v) is 4.59. The van der Waals surface area contributed by atoms with Gasteiger partial charge in [0.15, 0.2) is 11.5 Å². The zero-order valence-corrected chi connectivity index (χ0v) is 10.6. The van der Waals surface area contributed by atoms with Gasteiger partial charge in [-0.25, -0.2) is 0 Å². The highest BCUT2D eigenvalue weighted by Crippen LogP contribution is 2.39. The van der Waals surface area contributed by atoms with Crippen LogP contribution in [-0.2, 0) is 5.41 Å². The Kier molecular flexibility index (Phi) is 3.81. The van der Waals surface area contributed by atoms with E-state index in [1.165, 1.54) is 0 Å². The van der Waals surface area contributed by atoms with Gasteiger partial charge in [-0.2, -0.15) is 0 Å². The Labute approximate surface area is 97.0 Å². The Morgan fingerprint density at radius 2 is 1.81 bits per heavy atom. The molecule has 0 radical (unpaired) electrons. The summed E-state index contributed by atoms with van der Waals surface area (Å²) in [6.07, 6.45) is 0. The Morgan fingerprint density at radius 3 is 2.25 bits per heavy atom. The van der Waals surface area contributed by atoms with Crippen molar-refractivity contribution >= 4 is 0 Å². The van der Waals surface area contributed by atoms with E-state index in [9.17, 15) is 5.11 Å². The lowest BCUT2D eigenvalue weighted by Gasteiger charge is -2.26. The number of methoxy groups -OCH3 is 2. The van der Waals surface area contributed by atoms with Crippen LogP contribution < -0.4 is 9.47 Å². The molecule has 0 saturated carbocycles. The lowest BCUT2D eigenvalue weighted by Crippen LogP contribution is -2.23. The molecule has 0 heterocycles. The van der Waals surface area contributed by atoms with Crippen molar-refractivity contribution in [3.63, 3.8) is 0 Å². The summed E-state index contributed by atoms with van der Waals surface area (Å²) >= 11 is 0. The van der Waals surface area contributed by atoms with E-state index in [0.29, 0.717) is 11.5 Å². The van der Waals surface area contributed by atoms with E-state index in [2.05, 4.69) is 0 Å². The zero-order valence-electron chi connectivity index (χ0n) is 10.6. The van der Waals surface area contributed by atoms with Crippen molar-refractivity contribution in [1.82, 2.24) is 0 Å². The summed E-state index contributed by atoms with van der Waals surface area (Å²) in [5, 5.41) is 9.43. The predicted octanol–water partition coefficient (Wildman–Crippen LogP) is 2.28. The van der Waals surface area contributed by atoms with Gasteiger partial charge in [-0.05, 0) is 18.6 Å². The molecular weight excluding hydrogens is 204 g/mol. The first-order chi connectivity index (χ1) is 7.46. The molecule has 1 aromatic carbocycles. The average Bonchev–Trinajstić information content (AvgIpc) is 2.27. The average molecular weight is 224 g/mol. The van der Waals surface area contributed by atoms with Crippen molar-refractivity contribution in [1.29, 1.82) is 0 Å². The first-order valence-corrected chi connectivity index (χ1v) is 5.30. The Balaban J connectivity index is 3.42. The van der Waals surface area contributed by atoms with Crippen LogP contribution in [0.2, 0.25) is 0 Å². The summed E-state index contributed by atoms with van der Waals surface area (Å²) in [5.41, 5.74) is 1.72. The molecule has 0 aliphatic carbocycles. The molecular formula is C13H20O3. The molecule has 16 heavy (non-hydrogen) atoms. The van der Waals surface area contributed by atoms with Gasteiger partial charge in [-0.1, -0.05) is 19.9 Å². The minimum atomic E-state index is -0.343. The standard InChI is InChI=1S/C13H20O3/c1-9-6-10(13(2,3)8-14)12(16-5)11(7-9)15-4/h6-7,14H,8H2,1-5H3. The van der Waals surface area contributed by atoms with Crippen molar-refractivity contribution < 1.29 is 14.6 Å². The van der Waals surface area contributed by atoms with Crippen LogP contribution in [-0.4, -0.2) is 25.9 Å². The van der Waals surface area contributed by atoms with Gasteiger partial charge in [0, 0.05) is 11.0 Å². The van der Waals surface area contributed by atoms with Crippen LogP contribution in [0.25, 0.3) is 0 Å². The zero-order chi connectivity index (χ0) is 12.3. The molecule has 0 bridgehead atoms. The molecule has 0 amide bonds. The van der Waals surface area contributed by atoms with Crippen LogP contribution in [0.3, 0.4) is 0 Å². The van der Waals surface area contributed by atoms with E-state index in [4.69, 9.17) is 9.47 Å². The summed E-state index contributed by atoms with van der Waals surface area (Å²) in [6.45, 7) is 6.02. The smallest absolute Gasteiger partial charge is 0.164 e. The van der Waals surface area contributed by atoms with Crippen LogP contribution >= 0.6 is 0 Å². The summed E-state index contributed by atoms with van der Waals surface area (Å²) in [7, 11) is 3.23. The first-order valence-electron chi connectivity index (χ1n) is 5.30. The second kappa shape index (κ2) is 4.74. The second-order valence-electron chi connectivity index (χ2n) is 4.59. The van der Waals surface area contributed by atoms with Gasteiger partial charge in [0.2, 0.25) is 0 Å². The highest BCUT2D eigenvalue weighted by atomic mass is 16.5. The number of aryl methyl sites for hydroxylation is 1. The number of rotatable bonds is 4. The summed E-state index contributed by atoms with van der Waals surface area (Å²) < 4.78 is 10.7. The van der Waals surface area contributed by atoms with Crippen LogP contribution in [0.15, 0.2) is 12.1 Å². The third-order valence-corrected chi connectivity index (χ3v) is 2.75. The maximum absolute atomic E-state index is 9.43. The fraction of sp³-hybridized carbons (Fsp3) is 0.538. The number of benzene rings is 1. The number of aliphatic hydroxyl groups excluding tert-OH is 1. The third-order valence-electron chi connectivity index (χ3n) is 2.75. The van der Waals surface area contributed by atoms with Crippen LogP contribution in [0.4, 0.5) is 0 Å². The van der Waals surface area contributed by atoms with E-state index in [-0.39, 0.29) is 12.0 Å². The minimum Gasteiger partial charge on any atom is -0.493 e. The van der Waals surface area contributed by atoms with Crippen LogP contribution in [0, 0.1) is 6.92 Å². The molecule has 0 aliphatic heterocycles. The quantitative estimate of drug-likeness (QED) is 0.852. The number of ether oxygens (including phenoxy) is 2. The summed E-state index contributed by atoms with van der Waals surface area (Å²) in [6, 6.07) is 3.95. The lowest BCUT2D eigenvalue weighted by molar-refractivity contribution is 0.213. The first kappa shape index (κ1) is 12.8. The summed E-state index contributed by atoms with van der Waals surface area (Å²) in [4.78, 5) is 0. The minimum absolute atomic E-state index is 0.0654. The van der Waals surface area contributed by atoms with E-state index in [1.807, 2.05) is 32.9 Å². The molecule has 0 atom stereocenters. The summed E-state index contributed by atoms with van der Waals surface area (Å²) in [5.74, 6) is 1.41. The lowest BCUT2D eigenvalue weighted by atomic mass is 9.84. The highest BCUT2D eigenvalue weighted by molar-refractivity contribution is 5.52. The van der Waals surface area contributed by atoms with Gasteiger partial charge in [-0.3, -0.25) is 0 Å². The fourth-order valence-corrected chi connectivity index (χ4v) is 1.69. The number of aliphatic hydroxyl groups is 1. The monoisotopic (exact) mass is 224 g/mol. The molecule has 1 aromatic rings. The van der Waals surface area contributed by atoms with Crippen LogP contribution in [0.1, 0.15) is 25.0 Å². The maximum Gasteiger partial charge on any atom is 0.164 e. The molecule has 0 aromatic heterocycles. The van der Waals surface area contributed by atoms with Crippen molar-refractivity contribution in [2.45, 2.75) is 26.2 Å². The molecule has 0 unspecified atom stereocenters. The molecule has 3 nitrogen and oxygen atoms in total. The van der Waals surface area contributed by atoms with Gasteiger partial charge < -0.3 is 14.6 Å². The van der Waals surface area contributed by atoms with E-state index < -0.39 is 0 Å². The maximum atomic E-state index is 9.43. The molecule has 1 N–H and O–H groups in total. The predicted molar refractivity (Wildman–Crippen MR) is 64.4 cm³/mol. The third kappa shape index (κ3) is 2.30. The van der Waals surface area contributed by atoms with Crippen molar-refractivity contribution in [2.75, 3.05) is 20.8 Å². The Bertz CT molecular complexity index is 370. The van der Waals surface area contributed by atoms with Gasteiger partial charge in [0.1, 0.15) is 0 Å². The van der Waals surface area contributed by atoms with E-state index >= 15 is 0 Å². The van der Waals surface area contributed by atoms with E-state index in [1.54, 1.807) is 14.2 Å². The SMILES string of the molecule is COc1cc(C)cc(C(C)(C)CO)c1OC. The van der Waals surface area contributed by atoms with Crippen molar-refractivity contribution in [3.05, 3.63) is 23.3 Å². The molecule has 0 spiro atoms. The van der Waals surface area contributed by atoms with E-state index in [0.717, 1.165) is 11.1 Å². The van der Waals surface area contributed by atoms with Gasteiger partial charge in [0.05, 0.1) is 20.8 Å². The number of hydrogen-bond donors (Lipinski definition) is 1. The largest absolute Gasteiger partial charge is 0.493 e. The van der Waals surface area contributed by atoms with Gasteiger partial charge >= 0.3 is 0 Å². The Hall–Kier alpha value is -1.22. The normalized spacial score (nSPS) is 11.4. The Morgan fingerprint density at radius 1 is 1.19 bits per heavy atom. The molecule has 0 aliphatic rings. The van der Waals surface area contributed by atoms with Gasteiger partial charge in [0.25, 0.3) is 0 Å². The molecule has 0 saturated heterocycles. The topological polar surface area (TPSA) is 38.7 Å². The molecule has 3 heteroatoms. The number of hydrogen-bond acceptors (Lipinski definition) is 3. The molecule has 90 valence electrons. The van der Waals surface area contributed by atoms with Crippen LogP contribution in [0.5, 0.6) is 11.5 Å². The fourth-order valence-electron chi connectivity index (χ4n) is 1.69. The van der Waals surface area contributed by atoms with Crippen molar-refractivity contribution in [3.8, 4) is 11.5 Å². The molecule has 0 fully saturated rings. The molecule has 1 rings (SSSR count). The highest BCUT2D eigenvalue weighted by Gasteiger charge is 2.26. The van der Waals surface area contributed by atoms with Gasteiger partial charge in [-0.15, -0.1) is 0 Å².